The molecule has 0 aliphatic heterocycles. The average molecular weight is 92.9 g/mol. The highest BCUT2D eigenvalue weighted by Gasteiger charge is 1.90. The summed E-state index contributed by atoms with van der Waals surface area (Å²) in [7, 11) is 5.21. The molecule has 0 fully saturated rings. The van der Waals surface area contributed by atoms with Gasteiger partial charge in [-0.3, -0.25) is 0 Å². The fourth-order valence-corrected chi connectivity index (χ4v) is 0.298. The van der Waals surface area contributed by atoms with Gasteiger partial charge in [0.2, 0.25) is 0 Å². The molecule has 3 heteroatoms. The molecule has 0 aliphatic carbocycles. The Morgan fingerprint density at radius 2 is 2.57 bits per heavy atom. The first-order chi connectivity index (χ1) is 3.30. The van der Waals surface area contributed by atoms with Crippen LogP contribution in [0.5, 0.6) is 0 Å². The molecule has 2 nitrogen and oxygen atoms in total. The second-order valence-electron chi connectivity index (χ2n) is 1.37. The Morgan fingerprint density at radius 1 is 1.86 bits per heavy atom. The Hall–Kier alpha value is -0.725. The first-order valence-electron chi connectivity index (χ1n) is 1.97. The second kappa shape index (κ2) is 1.41. The van der Waals surface area contributed by atoms with E-state index in [0.717, 1.165) is 5.56 Å². The van der Waals surface area contributed by atoms with Gasteiger partial charge in [-0.15, -0.1) is 0 Å². The van der Waals surface area contributed by atoms with E-state index < -0.39 is 0 Å². The van der Waals surface area contributed by atoms with E-state index in [-0.39, 0.29) is 0 Å². The first kappa shape index (κ1) is 4.43. The number of rotatable bonds is 0. The molecule has 2 radical (unpaired) electrons. The maximum Gasteiger partial charge on any atom is 0.172 e. The Bertz CT molecular complexity index is 144. The predicted octanol–water partition coefficient (Wildman–Crippen LogP) is -0.223. The van der Waals surface area contributed by atoms with Crippen LogP contribution in [0.1, 0.15) is 5.56 Å². The van der Waals surface area contributed by atoms with E-state index in [1.807, 2.05) is 6.92 Å². The van der Waals surface area contributed by atoms with Gasteiger partial charge in [0, 0.05) is 5.56 Å². The standard InChI is InChI=1S/C4H4BNO/c1-3-2-6-7-4(3)5/h2H,1H3. The molecular weight excluding hydrogens is 88.9 g/mol. The van der Waals surface area contributed by atoms with Gasteiger partial charge in [-0.05, 0) is 6.92 Å². The number of aromatic nitrogens is 1. The summed E-state index contributed by atoms with van der Waals surface area (Å²) in [6.07, 6.45) is 1.58. The van der Waals surface area contributed by atoms with Gasteiger partial charge < -0.3 is 4.52 Å². The van der Waals surface area contributed by atoms with Crippen LogP contribution in [0.2, 0.25) is 0 Å². The van der Waals surface area contributed by atoms with Crippen LogP contribution < -0.4 is 5.66 Å². The summed E-state index contributed by atoms with van der Waals surface area (Å²) < 4.78 is 4.49. The van der Waals surface area contributed by atoms with Crippen LogP contribution in [-0.4, -0.2) is 13.0 Å². The normalized spacial score (nSPS) is 9.29. The zero-order valence-corrected chi connectivity index (χ0v) is 4.01. The van der Waals surface area contributed by atoms with Gasteiger partial charge in [-0.2, -0.15) is 0 Å². The molecule has 0 aromatic carbocycles. The molecule has 1 heterocycles. The molecule has 0 saturated carbocycles. The summed E-state index contributed by atoms with van der Waals surface area (Å²) in [6, 6.07) is 0. The van der Waals surface area contributed by atoms with Gasteiger partial charge in [-0.1, -0.05) is 5.16 Å². The maximum atomic E-state index is 5.21. The number of hydrogen-bond donors (Lipinski definition) is 0. The van der Waals surface area contributed by atoms with Crippen molar-refractivity contribution in [2.45, 2.75) is 6.92 Å². The summed E-state index contributed by atoms with van der Waals surface area (Å²) in [5.74, 6) is 0. The van der Waals surface area contributed by atoms with Crippen molar-refractivity contribution >= 4 is 13.5 Å². The Kier molecular flexibility index (Phi) is 0.892. The van der Waals surface area contributed by atoms with Crippen molar-refractivity contribution in [3.8, 4) is 0 Å². The third-order valence-electron chi connectivity index (χ3n) is 0.786. The van der Waals surface area contributed by atoms with Crippen LogP contribution in [0.4, 0.5) is 0 Å². The van der Waals surface area contributed by atoms with Crippen LogP contribution in [0.25, 0.3) is 0 Å². The molecule has 0 atom stereocenters. The fourth-order valence-electron chi connectivity index (χ4n) is 0.298. The van der Waals surface area contributed by atoms with Crippen molar-refractivity contribution in [1.29, 1.82) is 0 Å². The van der Waals surface area contributed by atoms with E-state index in [4.69, 9.17) is 7.85 Å². The van der Waals surface area contributed by atoms with Gasteiger partial charge in [0.05, 0.1) is 11.9 Å². The molecule has 1 aromatic heterocycles. The van der Waals surface area contributed by atoms with Crippen molar-refractivity contribution in [3.05, 3.63) is 11.8 Å². The predicted molar refractivity (Wildman–Crippen MR) is 26.6 cm³/mol. The van der Waals surface area contributed by atoms with Crippen molar-refractivity contribution in [2.24, 2.45) is 0 Å². The Balaban J connectivity index is 3.12. The quantitative estimate of drug-likeness (QED) is 0.414. The third-order valence-corrected chi connectivity index (χ3v) is 0.786. The highest BCUT2D eigenvalue weighted by molar-refractivity contribution is 6.30. The minimum Gasteiger partial charge on any atom is -0.373 e. The van der Waals surface area contributed by atoms with Gasteiger partial charge in [0.15, 0.2) is 7.85 Å². The third kappa shape index (κ3) is 0.658. The molecule has 1 rings (SSSR count). The van der Waals surface area contributed by atoms with Gasteiger partial charge in [0.1, 0.15) is 0 Å². The largest absolute Gasteiger partial charge is 0.373 e. The molecular formula is C4H4BNO. The highest BCUT2D eigenvalue weighted by Crippen LogP contribution is 1.84. The molecule has 0 spiro atoms. The van der Waals surface area contributed by atoms with Gasteiger partial charge >= 0.3 is 0 Å². The number of hydrogen-bond acceptors (Lipinski definition) is 2. The lowest BCUT2D eigenvalue weighted by Crippen LogP contribution is -1.99. The van der Waals surface area contributed by atoms with Crippen LogP contribution in [0.15, 0.2) is 10.7 Å². The second-order valence-corrected chi connectivity index (χ2v) is 1.37. The molecule has 0 N–H and O–H groups in total. The van der Waals surface area contributed by atoms with E-state index in [1.165, 1.54) is 0 Å². The van der Waals surface area contributed by atoms with Crippen molar-refractivity contribution in [3.63, 3.8) is 0 Å². The Labute approximate surface area is 42.9 Å². The SMILES string of the molecule is [B]c1oncc1C. The maximum absolute atomic E-state index is 5.21. The smallest absolute Gasteiger partial charge is 0.172 e. The number of nitrogens with zero attached hydrogens (tertiary/aromatic N) is 1. The van der Waals surface area contributed by atoms with E-state index in [9.17, 15) is 0 Å². The summed E-state index contributed by atoms with van der Waals surface area (Å²) in [5, 5.41) is 3.42. The average Bonchev–Trinajstić information content (AvgIpc) is 1.91. The topological polar surface area (TPSA) is 26.0 Å². The first-order valence-corrected chi connectivity index (χ1v) is 1.97. The van der Waals surface area contributed by atoms with Crippen molar-refractivity contribution < 1.29 is 4.52 Å². The zero-order valence-electron chi connectivity index (χ0n) is 4.01. The molecule has 0 unspecified atom stereocenters. The molecule has 0 aliphatic rings. The van der Waals surface area contributed by atoms with Crippen LogP contribution in [0.3, 0.4) is 0 Å². The monoisotopic (exact) mass is 93.0 g/mol. The lowest BCUT2D eigenvalue weighted by Gasteiger charge is -1.76. The molecule has 0 amide bonds. The fraction of sp³-hybridized carbons (Fsp3) is 0.250. The van der Waals surface area contributed by atoms with Gasteiger partial charge in [0.25, 0.3) is 0 Å². The van der Waals surface area contributed by atoms with Crippen LogP contribution in [-0.2, 0) is 0 Å². The highest BCUT2D eigenvalue weighted by atomic mass is 16.5. The summed E-state index contributed by atoms with van der Waals surface area (Å²) in [5.41, 5.74) is 1.29. The van der Waals surface area contributed by atoms with Crippen LogP contribution in [0, 0.1) is 6.92 Å². The minimum absolute atomic E-state index is 0.403. The molecule has 34 valence electrons. The minimum atomic E-state index is 0.403. The lowest BCUT2D eigenvalue weighted by molar-refractivity contribution is 0.446. The lowest BCUT2D eigenvalue weighted by atomic mass is 10.0. The van der Waals surface area contributed by atoms with E-state index >= 15 is 0 Å². The molecule has 1 aromatic rings. The van der Waals surface area contributed by atoms with E-state index in [0.29, 0.717) is 5.66 Å². The van der Waals surface area contributed by atoms with E-state index in [1.54, 1.807) is 6.20 Å². The molecule has 7 heavy (non-hydrogen) atoms. The van der Waals surface area contributed by atoms with Gasteiger partial charge in [-0.25, -0.2) is 0 Å². The summed E-state index contributed by atoms with van der Waals surface area (Å²) >= 11 is 0. The Morgan fingerprint density at radius 3 is 2.71 bits per heavy atom. The van der Waals surface area contributed by atoms with Crippen molar-refractivity contribution in [2.75, 3.05) is 0 Å². The molecule has 0 bridgehead atoms. The number of aryl methyl sites for hydroxylation is 1. The summed E-state index contributed by atoms with van der Waals surface area (Å²) in [4.78, 5) is 0. The molecule has 0 saturated heterocycles. The van der Waals surface area contributed by atoms with E-state index in [2.05, 4.69) is 9.68 Å². The van der Waals surface area contributed by atoms with Crippen molar-refractivity contribution in [1.82, 2.24) is 5.16 Å². The van der Waals surface area contributed by atoms with Crippen LogP contribution >= 0.6 is 0 Å². The summed E-state index contributed by atoms with van der Waals surface area (Å²) in [6.45, 7) is 1.84. The zero-order chi connectivity index (χ0) is 5.28.